The van der Waals surface area contributed by atoms with Crippen LogP contribution in [0.4, 0.5) is 0 Å². The highest BCUT2D eigenvalue weighted by molar-refractivity contribution is 5.99. The van der Waals surface area contributed by atoms with Crippen LogP contribution in [0.3, 0.4) is 0 Å². The standard InChI is InChI=1S/C28H29NO4/c1-16(30)32-25-14-22-27-19(13-21-23(31)4-3-5-24(21)33-27)8-10-28(22,2)26(25)18-7-6-17-9-11-29-15-20(17)12-18/h6-7,9,11-13,15,22,25-27H,3-5,8,10,14H2,1-2H3/t22-,25?,26-,27+,28-/m0/s1. The molecule has 1 aromatic carbocycles. The molecule has 5 heteroatoms. The highest BCUT2D eigenvalue weighted by Gasteiger charge is 2.59. The summed E-state index contributed by atoms with van der Waals surface area (Å²) in [5.74, 6) is 1.15. The summed E-state index contributed by atoms with van der Waals surface area (Å²) in [4.78, 5) is 28.9. The van der Waals surface area contributed by atoms with Crippen molar-refractivity contribution in [3.8, 4) is 0 Å². The average Bonchev–Trinajstić information content (AvgIpc) is 3.09. The molecule has 2 saturated carbocycles. The number of fused-ring (bicyclic) bond motifs is 4. The fourth-order valence-electron chi connectivity index (χ4n) is 6.93. The van der Waals surface area contributed by atoms with Crippen molar-refractivity contribution in [2.24, 2.45) is 11.3 Å². The predicted octanol–water partition coefficient (Wildman–Crippen LogP) is 5.40. The van der Waals surface area contributed by atoms with Gasteiger partial charge in [-0.15, -0.1) is 0 Å². The summed E-state index contributed by atoms with van der Waals surface area (Å²) in [7, 11) is 0. The molecule has 170 valence electrons. The van der Waals surface area contributed by atoms with Crippen LogP contribution >= 0.6 is 0 Å². The molecule has 5 nitrogen and oxygen atoms in total. The lowest BCUT2D eigenvalue weighted by Crippen LogP contribution is -2.43. The number of hydrogen-bond acceptors (Lipinski definition) is 5. The van der Waals surface area contributed by atoms with Crippen molar-refractivity contribution in [1.82, 2.24) is 4.98 Å². The van der Waals surface area contributed by atoms with Gasteiger partial charge in [0, 0.05) is 49.4 Å². The molecule has 3 aliphatic carbocycles. The Balaban J connectivity index is 1.41. The normalized spacial score (nSPS) is 33.0. The fraction of sp³-hybridized carbons (Fsp3) is 0.464. The zero-order valence-corrected chi connectivity index (χ0v) is 19.2. The second kappa shape index (κ2) is 7.54. The minimum Gasteiger partial charge on any atom is -0.489 e. The Kier molecular flexibility index (Phi) is 4.72. The molecule has 1 unspecified atom stereocenters. The van der Waals surface area contributed by atoms with Gasteiger partial charge in [-0.05, 0) is 65.8 Å². The number of pyridine rings is 1. The zero-order valence-electron chi connectivity index (χ0n) is 19.2. The Morgan fingerprint density at radius 3 is 2.91 bits per heavy atom. The van der Waals surface area contributed by atoms with Crippen LogP contribution in [0.1, 0.15) is 63.9 Å². The maximum Gasteiger partial charge on any atom is 0.302 e. The van der Waals surface area contributed by atoms with Crippen LogP contribution in [-0.2, 0) is 19.1 Å². The van der Waals surface area contributed by atoms with Gasteiger partial charge in [-0.2, -0.15) is 0 Å². The first-order chi connectivity index (χ1) is 15.9. The molecule has 6 rings (SSSR count). The lowest BCUT2D eigenvalue weighted by atomic mass is 9.61. The summed E-state index contributed by atoms with van der Waals surface area (Å²) in [6.07, 6.45) is 10.6. The third kappa shape index (κ3) is 3.24. The maximum atomic E-state index is 12.5. The molecule has 0 amide bonds. The minimum absolute atomic E-state index is 0.0430. The Morgan fingerprint density at radius 2 is 2.06 bits per heavy atom. The Hall–Kier alpha value is -2.95. The number of ketones is 1. The number of aromatic nitrogens is 1. The van der Waals surface area contributed by atoms with Crippen molar-refractivity contribution < 1.29 is 19.1 Å². The molecule has 4 aliphatic rings. The first kappa shape index (κ1) is 20.6. The first-order valence-electron chi connectivity index (χ1n) is 12.1. The van der Waals surface area contributed by atoms with Gasteiger partial charge < -0.3 is 9.47 Å². The monoisotopic (exact) mass is 443 g/mol. The second-order valence-corrected chi connectivity index (χ2v) is 10.3. The van der Waals surface area contributed by atoms with E-state index in [0.29, 0.717) is 6.42 Å². The van der Waals surface area contributed by atoms with E-state index in [-0.39, 0.29) is 41.2 Å². The van der Waals surface area contributed by atoms with Gasteiger partial charge in [0.25, 0.3) is 0 Å². The minimum atomic E-state index is -0.238. The zero-order chi connectivity index (χ0) is 22.7. The van der Waals surface area contributed by atoms with Crippen LogP contribution in [-0.4, -0.2) is 28.9 Å². The van der Waals surface area contributed by atoms with E-state index in [2.05, 4.69) is 36.2 Å². The molecule has 0 saturated heterocycles. The van der Waals surface area contributed by atoms with Crippen LogP contribution in [0.2, 0.25) is 0 Å². The number of allylic oxidation sites excluding steroid dienone is 3. The third-order valence-corrected chi connectivity index (χ3v) is 8.45. The fourth-order valence-corrected chi connectivity index (χ4v) is 6.93. The largest absolute Gasteiger partial charge is 0.489 e. The summed E-state index contributed by atoms with van der Waals surface area (Å²) < 4.78 is 12.5. The molecule has 2 fully saturated rings. The van der Waals surface area contributed by atoms with Gasteiger partial charge in [-0.3, -0.25) is 14.6 Å². The number of carbonyl (C=O) groups is 2. The van der Waals surface area contributed by atoms with Crippen LogP contribution < -0.4 is 0 Å². The van der Waals surface area contributed by atoms with E-state index in [9.17, 15) is 9.59 Å². The molecule has 0 spiro atoms. The van der Waals surface area contributed by atoms with Crippen molar-refractivity contribution in [2.45, 2.75) is 70.5 Å². The van der Waals surface area contributed by atoms with E-state index in [1.165, 1.54) is 18.1 Å². The van der Waals surface area contributed by atoms with E-state index >= 15 is 0 Å². The lowest BCUT2D eigenvalue weighted by Gasteiger charge is -2.47. The van der Waals surface area contributed by atoms with Crippen LogP contribution in [0.5, 0.6) is 0 Å². The van der Waals surface area contributed by atoms with Gasteiger partial charge in [-0.25, -0.2) is 0 Å². The first-order valence-corrected chi connectivity index (χ1v) is 12.1. The lowest BCUT2D eigenvalue weighted by molar-refractivity contribution is -0.147. The quantitative estimate of drug-likeness (QED) is 0.581. The summed E-state index contributed by atoms with van der Waals surface area (Å²) in [5.41, 5.74) is 3.15. The van der Waals surface area contributed by atoms with Gasteiger partial charge in [0.15, 0.2) is 5.78 Å². The SMILES string of the molecule is CC(=O)OC1C[C@H]2[C@@H]3OC4=C(C=C3CC[C@]2(C)[C@H]1c1ccc2ccncc2c1)C(=O)CCC4. The average molecular weight is 444 g/mol. The van der Waals surface area contributed by atoms with E-state index in [1.54, 1.807) is 0 Å². The van der Waals surface area contributed by atoms with E-state index in [0.717, 1.165) is 54.2 Å². The smallest absolute Gasteiger partial charge is 0.302 e. The van der Waals surface area contributed by atoms with Crippen molar-refractivity contribution >= 4 is 22.5 Å². The Bertz CT molecular complexity index is 1230. The number of ether oxygens (including phenoxy) is 2. The van der Waals surface area contributed by atoms with Crippen LogP contribution in [0.15, 0.2) is 59.6 Å². The molecular weight excluding hydrogens is 414 g/mol. The maximum absolute atomic E-state index is 12.5. The van der Waals surface area contributed by atoms with Crippen molar-refractivity contribution in [3.63, 3.8) is 0 Å². The number of nitrogens with zero attached hydrogens (tertiary/aromatic N) is 1. The molecule has 0 radical (unpaired) electrons. The molecule has 0 N–H and O–H groups in total. The highest BCUT2D eigenvalue weighted by Crippen LogP contribution is 2.62. The summed E-state index contributed by atoms with van der Waals surface area (Å²) in [6.45, 7) is 3.84. The van der Waals surface area contributed by atoms with Gasteiger partial charge in [-0.1, -0.05) is 19.1 Å². The Morgan fingerprint density at radius 1 is 1.18 bits per heavy atom. The third-order valence-electron chi connectivity index (χ3n) is 8.45. The van der Waals surface area contributed by atoms with Crippen molar-refractivity contribution in [3.05, 3.63) is 65.2 Å². The molecule has 2 heterocycles. The number of rotatable bonds is 2. The van der Waals surface area contributed by atoms with Gasteiger partial charge in [0.1, 0.15) is 18.0 Å². The van der Waals surface area contributed by atoms with E-state index < -0.39 is 0 Å². The number of carbonyl (C=O) groups excluding carboxylic acids is 2. The number of benzene rings is 1. The second-order valence-electron chi connectivity index (χ2n) is 10.3. The van der Waals surface area contributed by atoms with Crippen LogP contribution in [0, 0.1) is 11.3 Å². The van der Waals surface area contributed by atoms with E-state index in [1.807, 2.05) is 18.5 Å². The van der Waals surface area contributed by atoms with E-state index in [4.69, 9.17) is 9.47 Å². The molecule has 5 atom stereocenters. The van der Waals surface area contributed by atoms with Crippen LogP contribution in [0.25, 0.3) is 10.8 Å². The van der Waals surface area contributed by atoms with Crippen molar-refractivity contribution in [1.29, 1.82) is 0 Å². The Labute approximate surface area is 193 Å². The number of esters is 1. The summed E-state index contributed by atoms with van der Waals surface area (Å²) >= 11 is 0. The topological polar surface area (TPSA) is 65.5 Å². The number of Topliss-reactive ketones (excluding diaryl/α,β-unsaturated/α-hetero) is 1. The molecule has 1 aliphatic heterocycles. The number of hydrogen-bond donors (Lipinski definition) is 0. The van der Waals surface area contributed by atoms with Crippen molar-refractivity contribution in [2.75, 3.05) is 0 Å². The molecule has 0 bridgehead atoms. The molecule has 33 heavy (non-hydrogen) atoms. The predicted molar refractivity (Wildman–Crippen MR) is 124 cm³/mol. The highest BCUT2D eigenvalue weighted by atomic mass is 16.5. The molecule has 2 aromatic rings. The summed E-state index contributed by atoms with van der Waals surface area (Å²) in [5, 5.41) is 2.26. The molecular formula is C28H29NO4. The molecule has 1 aromatic heterocycles. The van der Waals surface area contributed by atoms with Gasteiger partial charge in [0.2, 0.25) is 0 Å². The van der Waals surface area contributed by atoms with Gasteiger partial charge in [0.05, 0.1) is 5.57 Å². The summed E-state index contributed by atoms with van der Waals surface area (Å²) in [6, 6.07) is 8.56. The van der Waals surface area contributed by atoms with Gasteiger partial charge >= 0.3 is 5.97 Å².